The van der Waals surface area contributed by atoms with E-state index < -0.39 is 4.92 Å². The lowest BCUT2D eigenvalue weighted by atomic mass is 10.1. The highest BCUT2D eigenvalue weighted by Gasteiger charge is 2.34. The van der Waals surface area contributed by atoms with Crippen LogP contribution in [0, 0.1) is 10.1 Å². The number of halogens is 1. The van der Waals surface area contributed by atoms with Gasteiger partial charge in [-0.05, 0) is 63.4 Å². The van der Waals surface area contributed by atoms with Crippen molar-refractivity contribution in [2.45, 2.75) is 20.0 Å². The maximum Gasteiger partial charge on any atom is 0.293 e. The van der Waals surface area contributed by atoms with E-state index in [0.717, 1.165) is 11.8 Å². The predicted octanol–water partition coefficient (Wildman–Crippen LogP) is 5.39. The molecule has 0 aliphatic carbocycles. The van der Waals surface area contributed by atoms with E-state index in [2.05, 4.69) is 15.9 Å². The number of hydrogen-bond acceptors (Lipinski definition) is 7. The first kappa shape index (κ1) is 22.8. The van der Waals surface area contributed by atoms with Crippen LogP contribution in [-0.4, -0.2) is 34.6 Å². The second kappa shape index (κ2) is 9.97. The molecule has 0 unspecified atom stereocenters. The summed E-state index contributed by atoms with van der Waals surface area (Å²) in [5, 5.41) is 10.7. The number of methoxy groups -OCH3 is 1. The smallest absolute Gasteiger partial charge is 0.293 e. The number of benzene rings is 2. The summed E-state index contributed by atoms with van der Waals surface area (Å²) in [5.74, 6) is 0.530. The third kappa shape index (κ3) is 5.26. The fourth-order valence-corrected chi connectivity index (χ4v) is 4.39. The van der Waals surface area contributed by atoms with Crippen molar-refractivity contribution < 1.29 is 24.0 Å². The zero-order valence-corrected chi connectivity index (χ0v) is 19.2. The van der Waals surface area contributed by atoms with Gasteiger partial charge in [-0.2, -0.15) is 0 Å². The lowest BCUT2D eigenvalue weighted by Gasteiger charge is -2.14. The molecule has 8 nitrogen and oxygen atoms in total. The van der Waals surface area contributed by atoms with E-state index in [9.17, 15) is 19.7 Å². The number of imide groups is 1. The number of amides is 2. The van der Waals surface area contributed by atoms with Crippen LogP contribution in [0.5, 0.6) is 11.5 Å². The van der Waals surface area contributed by atoms with E-state index in [1.165, 1.54) is 24.1 Å². The number of carbonyl (C=O) groups is 2. The maximum absolute atomic E-state index is 12.5. The van der Waals surface area contributed by atoms with Crippen molar-refractivity contribution in [1.82, 2.24) is 4.90 Å². The van der Waals surface area contributed by atoms with Gasteiger partial charge in [0.05, 0.1) is 21.4 Å². The Kier molecular flexibility index (Phi) is 7.34. The quantitative estimate of drug-likeness (QED) is 0.268. The summed E-state index contributed by atoms with van der Waals surface area (Å²) in [7, 11) is 1.49. The van der Waals surface area contributed by atoms with Crippen molar-refractivity contribution in [3.8, 4) is 11.5 Å². The van der Waals surface area contributed by atoms with Crippen molar-refractivity contribution >= 4 is 50.6 Å². The van der Waals surface area contributed by atoms with Gasteiger partial charge in [-0.15, -0.1) is 0 Å². The molecule has 1 fully saturated rings. The van der Waals surface area contributed by atoms with Crippen LogP contribution in [0.15, 0.2) is 45.8 Å². The minimum absolute atomic E-state index is 0.0144. The van der Waals surface area contributed by atoms with E-state index in [1.807, 2.05) is 6.92 Å². The molecule has 1 aliphatic rings. The Morgan fingerprint density at radius 2 is 2.03 bits per heavy atom. The Morgan fingerprint density at radius 3 is 2.71 bits per heavy atom. The molecular formula is C21H19BrN2O6S. The van der Waals surface area contributed by atoms with Crippen molar-refractivity contribution in [3.05, 3.63) is 67.0 Å². The van der Waals surface area contributed by atoms with Crippen LogP contribution in [0.25, 0.3) is 6.08 Å². The average molecular weight is 507 g/mol. The summed E-state index contributed by atoms with van der Waals surface area (Å²) in [6.07, 6.45) is 2.33. The SMILES string of the molecule is CCCN1C(=O)S/C(=C/c2cc(Br)c(OCc3cccc([N+](=O)[O-])c3)c(OC)c2)C1=O. The second-order valence-electron chi connectivity index (χ2n) is 6.58. The highest BCUT2D eigenvalue weighted by molar-refractivity contribution is 9.10. The molecule has 1 heterocycles. The molecule has 2 amide bonds. The molecule has 0 aromatic heterocycles. The third-order valence-corrected chi connectivity index (χ3v) is 5.87. The molecule has 0 bridgehead atoms. The summed E-state index contributed by atoms with van der Waals surface area (Å²) < 4.78 is 11.8. The first-order valence-electron chi connectivity index (χ1n) is 9.33. The first-order chi connectivity index (χ1) is 14.8. The number of rotatable bonds is 8. The Hall–Kier alpha value is -2.85. The molecule has 0 N–H and O–H groups in total. The van der Waals surface area contributed by atoms with Crippen LogP contribution in [0.1, 0.15) is 24.5 Å². The van der Waals surface area contributed by atoms with E-state index in [1.54, 1.807) is 30.3 Å². The molecule has 0 saturated carbocycles. The molecular weight excluding hydrogens is 488 g/mol. The molecule has 0 radical (unpaired) electrons. The van der Waals surface area contributed by atoms with Crippen molar-refractivity contribution in [1.29, 1.82) is 0 Å². The fraction of sp³-hybridized carbons (Fsp3) is 0.238. The van der Waals surface area contributed by atoms with Gasteiger partial charge >= 0.3 is 0 Å². The zero-order chi connectivity index (χ0) is 22.5. The fourth-order valence-electron chi connectivity index (χ4n) is 2.95. The van der Waals surface area contributed by atoms with Gasteiger partial charge in [-0.25, -0.2) is 0 Å². The normalized spacial score (nSPS) is 14.9. The van der Waals surface area contributed by atoms with Gasteiger partial charge in [-0.1, -0.05) is 19.1 Å². The number of nitrogens with zero attached hydrogens (tertiary/aromatic N) is 2. The van der Waals surface area contributed by atoms with E-state index in [4.69, 9.17) is 9.47 Å². The minimum Gasteiger partial charge on any atom is -0.493 e. The number of ether oxygens (including phenoxy) is 2. The van der Waals surface area contributed by atoms with Gasteiger partial charge in [0.1, 0.15) is 6.61 Å². The molecule has 2 aromatic carbocycles. The Balaban J connectivity index is 1.82. The molecule has 0 spiro atoms. The topological polar surface area (TPSA) is 99.0 Å². The molecule has 31 heavy (non-hydrogen) atoms. The summed E-state index contributed by atoms with van der Waals surface area (Å²) in [4.78, 5) is 36.6. The van der Waals surface area contributed by atoms with E-state index in [0.29, 0.717) is 45.0 Å². The largest absolute Gasteiger partial charge is 0.493 e. The number of hydrogen-bond donors (Lipinski definition) is 0. The Bertz CT molecular complexity index is 1070. The molecule has 3 rings (SSSR count). The lowest BCUT2D eigenvalue weighted by Crippen LogP contribution is -2.28. The van der Waals surface area contributed by atoms with Gasteiger partial charge in [0.15, 0.2) is 11.5 Å². The predicted molar refractivity (Wildman–Crippen MR) is 121 cm³/mol. The van der Waals surface area contributed by atoms with E-state index >= 15 is 0 Å². The monoisotopic (exact) mass is 506 g/mol. The van der Waals surface area contributed by atoms with Crippen LogP contribution in [0.2, 0.25) is 0 Å². The van der Waals surface area contributed by atoms with Crippen molar-refractivity contribution in [2.75, 3.05) is 13.7 Å². The summed E-state index contributed by atoms with van der Waals surface area (Å²) in [6.45, 7) is 2.40. The van der Waals surface area contributed by atoms with Crippen LogP contribution < -0.4 is 9.47 Å². The van der Waals surface area contributed by atoms with Crippen LogP contribution in [0.3, 0.4) is 0 Å². The van der Waals surface area contributed by atoms with Gasteiger partial charge in [-0.3, -0.25) is 24.6 Å². The number of non-ortho nitro benzene ring substituents is 1. The number of carbonyl (C=O) groups excluding carboxylic acids is 2. The molecule has 2 aromatic rings. The van der Waals surface area contributed by atoms with Crippen LogP contribution in [0.4, 0.5) is 10.5 Å². The second-order valence-corrected chi connectivity index (χ2v) is 8.43. The highest BCUT2D eigenvalue weighted by Crippen LogP contribution is 2.39. The number of nitro benzene ring substituents is 1. The Morgan fingerprint density at radius 1 is 1.26 bits per heavy atom. The minimum atomic E-state index is -0.461. The number of nitro groups is 1. The van der Waals surface area contributed by atoms with Crippen LogP contribution in [-0.2, 0) is 11.4 Å². The Labute approximate surface area is 191 Å². The number of thioether (sulfide) groups is 1. The molecule has 10 heteroatoms. The van der Waals surface area contributed by atoms with E-state index in [-0.39, 0.29) is 23.4 Å². The van der Waals surface area contributed by atoms with Crippen molar-refractivity contribution in [2.24, 2.45) is 0 Å². The first-order valence-corrected chi connectivity index (χ1v) is 10.9. The third-order valence-electron chi connectivity index (χ3n) is 4.37. The molecule has 162 valence electrons. The molecule has 1 saturated heterocycles. The highest BCUT2D eigenvalue weighted by atomic mass is 79.9. The van der Waals surface area contributed by atoms with Gasteiger partial charge < -0.3 is 9.47 Å². The average Bonchev–Trinajstić information content (AvgIpc) is 3.00. The standard InChI is InChI=1S/C21H19BrN2O6S/c1-3-7-23-20(25)18(31-21(23)26)11-14-9-16(22)19(17(10-14)29-2)30-12-13-5-4-6-15(8-13)24(27)28/h4-6,8-11H,3,7,12H2,1-2H3/b18-11+. The van der Waals surface area contributed by atoms with Crippen LogP contribution >= 0.6 is 27.7 Å². The zero-order valence-electron chi connectivity index (χ0n) is 16.8. The summed E-state index contributed by atoms with van der Waals surface area (Å²) in [5.41, 5.74) is 1.28. The van der Waals surface area contributed by atoms with Gasteiger partial charge in [0.2, 0.25) is 0 Å². The van der Waals surface area contributed by atoms with Gasteiger partial charge in [0, 0.05) is 18.7 Å². The summed E-state index contributed by atoms with van der Waals surface area (Å²) >= 11 is 4.36. The maximum atomic E-state index is 12.5. The lowest BCUT2D eigenvalue weighted by molar-refractivity contribution is -0.384. The van der Waals surface area contributed by atoms with Crippen molar-refractivity contribution in [3.63, 3.8) is 0 Å². The summed E-state index contributed by atoms with van der Waals surface area (Å²) in [6, 6.07) is 9.63. The molecule has 1 aliphatic heterocycles. The van der Waals surface area contributed by atoms with Gasteiger partial charge in [0.25, 0.3) is 16.8 Å². The molecule has 0 atom stereocenters.